The zero-order chi connectivity index (χ0) is 20.4. The van der Waals surface area contributed by atoms with E-state index in [4.69, 9.17) is 4.42 Å². The zero-order valence-electron chi connectivity index (χ0n) is 15.7. The fourth-order valence-electron chi connectivity index (χ4n) is 3.12. The zero-order valence-corrected chi connectivity index (χ0v) is 15.7. The van der Waals surface area contributed by atoms with Crippen LogP contribution in [0.3, 0.4) is 0 Å². The van der Waals surface area contributed by atoms with Crippen LogP contribution in [-0.2, 0) is 0 Å². The Labute approximate surface area is 167 Å². The third-order valence-corrected chi connectivity index (χ3v) is 4.71. The van der Waals surface area contributed by atoms with Gasteiger partial charge in [-0.25, -0.2) is 4.39 Å². The predicted molar refractivity (Wildman–Crippen MR) is 110 cm³/mol. The first-order valence-corrected chi connectivity index (χ1v) is 9.18. The maximum absolute atomic E-state index is 13.2. The van der Waals surface area contributed by atoms with Crippen molar-refractivity contribution >= 4 is 28.2 Å². The summed E-state index contributed by atoms with van der Waals surface area (Å²) in [4.78, 5) is 25.5. The SMILES string of the molecule is Cc1ccc(C(=O)CNc2c(C(=O)c3ccc(F)cc3)oc3ccccc23)cc1. The first-order chi connectivity index (χ1) is 14.0. The van der Waals surface area contributed by atoms with E-state index < -0.39 is 5.82 Å². The second-order valence-corrected chi connectivity index (χ2v) is 6.78. The Morgan fingerprint density at radius 1 is 0.897 bits per heavy atom. The third-order valence-electron chi connectivity index (χ3n) is 4.71. The minimum Gasteiger partial charge on any atom is -0.450 e. The van der Waals surface area contributed by atoms with Gasteiger partial charge in [0.2, 0.25) is 5.78 Å². The van der Waals surface area contributed by atoms with Gasteiger partial charge in [-0.1, -0.05) is 42.0 Å². The summed E-state index contributed by atoms with van der Waals surface area (Å²) in [6, 6.07) is 19.8. The summed E-state index contributed by atoms with van der Waals surface area (Å²) in [6.45, 7) is 1.97. The van der Waals surface area contributed by atoms with Crippen LogP contribution in [0.1, 0.15) is 32.0 Å². The number of anilines is 1. The number of hydrogen-bond acceptors (Lipinski definition) is 4. The Morgan fingerprint density at radius 2 is 1.55 bits per heavy atom. The van der Waals surface area contributed by atoms with E-state index in [0.29, 0.717) is 27.8 Å². The molecule has 3 aromatic carbocycles. The second kappa shape index (κ2) is 7.72. The van der Waals surface area contributed by atoms with Gasteiger partial charge in [0.15, 0.2) is 11.5 Å². The Morgan fingerprint density at radius 3 is 2.28 bits per heavy atom. The molecule has 1 heterocycles. The van der Waals surface area contributed by atoms with Gasteiger partial charge in [-0.15, -0.1) is 0 Å². The number of Topliss-reactive ketones (excluding diaryl/α,β-unsaturated/α-hetero) is 1. The van der Waals surface area contributed by atoms with Crippen LogP contribution in [-0.4, -0.2) is 18.1 Å². The van der Waals surface area contributed by atoms with Crippen LogP contribution in [0.15, 0.2) is 77.2 Å². The van der Waals surface area contributed by atoms with Crippen LogP contribution >= 0.6 is 0 Å². The van der Waals surface area contributed by atoms with Gasteiger partial charge in [0, 0.05) is 16.5 Å². The molecule has 0 saturated heterocycles. The van der Waals surface area contributed by atoms with Gasteiger partial charge in [-0.2, -0.15) is 0 Å². The highest BCUT2D eigenvalue weighted by atomic mass is 19.1. The van der Waals surface area contributed by atoms with Gasteiger partial charge >= 0.3 is 0 Å². The largest absolute Gasteiger partial charge is 0.450 e. The van der Waals surface area contributed by atoms with Crippen molar-refractivity contribution in [1.82, 2.24) is 0 Å². The summed E-state index contributed by atoms with van der Waals surface area (Å²) < 4.78 is 19.0. The van der Waals surface area contributed by atoms with E-state index >= 15 is 0 Å². The summed E-state index contributed by atoms with van der Waals surface area (Å²) >= 11 is 0. The first kappa shape index (κ1) is 18.6. The molecule has 4 aromatic rings. The second-order valence-electron chi connectivity index (χ2n) is 6.78. The number of carbonyl (C=O) groups excluding carboxylic acids is 2. The summed E-state index contributed by atoms with van der Waals surface area (Å²) in [5, 5.41) is 3.78. The molecular weight excluding hydrogens is 369 g/mol. The number of halogens is 1. The number of rotatable bonds is 6. The van der Waals surface area contributed by atoms with Crippen molar-refractivity contribution in [1.29, 1.82) is 0 Å². The summed E-state index contributed by atoms with van der Waals surface area (Å²) in [6.07, 6.45) is 0. The van der Waals surface area contributed by atoms with Crippen molar-refractivity contribution in [2.24, 2.45) is 0 Å². The molecule has 144 valence electrons. The Bertz CT molecular complexity index is 1190. The van der Waals surface area contributed by atoms with Crippen molar-refractivity contribution in [3.05, 3.63) is 101 Å². The molecule has 1 aromatic heterocycles. The van der Waals surface area contributed by atoms with Crippen molar-refractivity contribution in [2.45, 2.75) is 6.92 Å². The standard InChI is InChI=1S/C24H18FNO3/c1-15-6-8-16(9-7-15)20(27)14-26-22-19-4-2-3-5-21(19)29-24(22)23(28)17-10-12-18(25)13-11-17/h2-13,26H,14H2,1H3. The number of benzene rings is 3. The van der Waals surface area contributed by atoms with Gasteiger partial charge < -0.3 is 9.73 Å². The molecule has 1 N–H and O–H groups in total. The Balaban J connectivity index is 1.66. The lowest BCUT2D eigenvalue weighted by Gasteiger charge is -2.07. The Hall–Kier alpha value is -3.73. The normalized spacial score (nSPS) is 10.8. The van der Waals surface area contributed by atoms with Gasteiger partial charge in [0.25, 0.3) is 0 Å². The van der Waals surface area contributed by atoms with Crippen LogP contribution < -0.4 is 5.32 Å². The number of carbonyl (C=O) groups is 2. The Kier molecular flexibility index (Phi) is 4.96. The molecule has 5 heteroatoms. The minimum atomic E-state index is -0.423. The number of nitrogens with one attached hydrogen (secondary N) is 1. The molecule has 0 aliphatic rings. The van der Waals surface area contributed by atoms with E-state index in [-0.39, 0.29) is 23.9 Å². The molecular formula is C24H18FNO3. The summed E-state index contributed by atoms with van der Waals surface area (Å²) in [7, 11) is 0. The number of aryl methyl sites for hydroxylation is 1. The molecule has 0 unspecified atom stereocenters. The van der Waals surface area contributed by atoms with E-state index in [2.05, 4.69) is 5.32 Å². The quantitative estimate of drug-likeness (QED) is 0.450. The predicted octanol–water partition coefficient (Wildman–Crippen LogP) is 5.41. The molecule has 0 amide bonds. The molecule has 0 saturated carbocycles. The molecule has 0 aliphatic carbocycles. The minimum absolute atomic E-state index is 0.0102. The van der Waals surface area contributed by atoms with Crippen molar-refractivity contribution in [3.8, 4) is 0 Å². The van der Waals surface area contributed by atoms with E-state index in [9.17, 15) is 14.0 Å². The average Bonchev–Trinajstić information content (AvgIpc) is 3.11. The molecule has 29 heavy (non-hydrogen) atoms. The van der Waals surface area contributed by atoms with Crippen LogP contribution in [0, 0.1) is 12.7 Å². The van der Waals surface area contributed by atoms with Crippen LogP contribution in [0.25, 0.3) is 11.0 Å². The summed E-state index contributed by atoms with van der Waals surface area (Å²) in [5.74, 6) is -0.815. The molecule has 0 fully saturated rings. The van der Waals surface area contributed by atoms with Crippen molar-refractivity contribution in [2.75, 3.05) is 11.9 Å². The van der Waals surface area contributed by atoms with Crippen molar-refractivity contribution in [3.63, 3.8) is 0 Å². The summed E-state index contributed by atoms with van der Waals surface area (Å²) in [5.41, 5.74) is 2.95. The van der Waals surface area contributed by atoms with Gasteiger partial charge in [0.05, 0.1) is 12.2 Å². The fraction of sp³-hybridized carbons (Fsp3) is 0.0833. The molecule has 0 bridgehead atoms. The van der Waals surface area contributed by atoms with E-state index in [1.807, 2.05) is 31.2 Å². The molecule has 4 rings (SSSR count). The maximum atomic E-state index is 13.2. The molecule has 0 spiro atoms. The number of hydrogen-bond donors (Lipinski definition) is 1. The number of ketones is 2. The van der Waals surface area contributed by atoms with Crippen LogP contribution in [0.2, 0.25) is 0 Å². The number of fused-ring (bicyclic) bond motifs is 1. The monoisotopic (exact) mass is 387 g/mol. The molecule has 0 radical (unpaired) electrons. The highest BCUT2D eigenvalue weighted by Gasteiger charge is 2.22. The lowest BCUT2D eigenvalue weighted by atomic mass is 10.1. The van der Waals surface area contributed by atoms with Crippen molar-refractivity contribution < 1.29 is 18.4 Å². The fourth-order valence-corrected chi connectivity index (χ4v) is 3.12. The van der Waals surface area contributed by atoms with Crippen LogP contribution in [0.5, 0.6) is 0 Å². The first-order valence-electron chi connectivity index (χ1n) is 9.18. The van der Waals surface area contributed by atoms with E-state index in [0.717, 1.165) is 5.56 Å². The molecule has 0 atom stereocenters. The average molecular weight is 387 g/mol. The molecule has 4 nitrogen and oxygen atoms in total. The topological polar surface area (TPSA) is 59.3 Å². The van der Waals surface area contributed by atoms with E-state index in [1.165, 1.54) is 24.3 Å². The van der Waals surface area contributed by atoms with Gasteiger partial charge in [-0.05, 0) is 43.3 Å². The number of para-hydroxylation sites is 1. The van der Waals surface area contributed by atoms with E-state index in [1.54, 1.807) is 24.3 Å². The van der Waals surface area contributed by atoms with Crippen LogP contribution in [0.4, 0.5) is 10.1 Å². The highest BCUT2D eigenvalue weighted by Crippen LogP contribution is 2.32. The number of furan rings is 1. The smallest absolute Gasteiger partial charge is 0.230 e. The van der Waals surface area contributed by atoms with Gasteiger partial charge in [0.1, 0.15) is 11.4 Å². The lowest BCUT2D eigenvalue weighted by molar-refractivity contribution is 0.0997. The third kappa shape index (κ3) is 3.80. The highest BCUT2D eigenvalue weighted by molar-refractivity contribution is 6.15. The van der Waals surface area contributed by atoms with Gasteiger partial charge in [-0.3, -0.25) is 9.59 Å². The molecule has 0 aliphatic heterocycles. The maximum Gasteiger partial charge on any atom is 0.230 e. The lowest BCUT2D eigenvalue weighted by Crippen LogP contribution is -2.15.